The quantitative estimate of drug-likeness (QED) is 0.158. The van der Waals surface area contributed by atoms with Crippen molar-refractivity contribution in [3.63, 3.8) is 0 Å². The molecule has 9 heteroatoms. The summed E-state index contributed by atoms with van der Waals surface area (Å²) in [6.07, 6.45) is 11.6. The van der Waals surface area contributed by atoms with Crippen LogP contribution in [0, 0.1) is 6.92 Å². The smallest absolute Gasteiger partial charge is 0.272 e. The molecule has 208 valence electrons. The Morgan fingerprint density at radius 1 is 1.23 bits per heavy atom. The maximum absolute atomic E-state index is 13.5. The molecule has 0 fully saturated rings. The van der Waals surface area contributed by atoms with Crippen molar-refractivity contribution in [2.24, 2.45) is 4.99 Å². The van der Waals surface area contributed by atoms with Gasteiger partial charge in [0.1, 0.15) is 30.0 Å². The summed E-state index contributed by atoms with van der Waals surface area (Å²) >= 11 is 0. The number of amides is 1. The molecule has 2 heterocycles. The lowest BCUT2D eigenvalue weighted by Crippen LogP contribution is -2.54. The predicted octanol–water partition coefficient (Wildman–Crippen LogP) is 4.72. The van der Waals surface area contributed by atoms with E-state index < -0.39 is 0 Å². The number of methoxy groups -OCH3 is 2. The number of benzene rings is 1. The molecular formula is C30H39N5O4. The minimum absolute atomic E-state index is 0.199. The van der Waals surface area contributed by atoms with Crippen molar-refractivity contribution < 1.29 is 19.0 Å². The Labute approximate surface area is 231 Å². The topological polar surface area (TPSA) is 89.4 Å². The summed E-state index contributed by atoms with van der Waals surface area (Å²) < 4.78 is 18.3. The maximum atomic E-state index is 13.5. The summed E-state index contributed by atoms with van der Waals surface area (Å²) in [6, 6.07) is 5.88. The maximum Gasteiger partial charge on any atom is 0.272 e. The minimum Gasteiger partial charge on any atom is -0.496 e. The average Bonchev–Trinajstić information content (AvgIpc) is 3.30. The second-order valence-electron chi connectivity index (χ2n) is 9.06. The summed E-state index contributed by atoms with van der Waals surface area (Å²) in [7, 11) is 5.19. The van der Waals surface area contributed by atoms with E-state index in [0.29, 0.717) is 31.0 Å². The van der Waals surface area contributed by atoms with Crippen LogP contribution in [0.5, 0.6) is 5.75 Å². The Kier molecular flexibility index (Phi) is 10.6. The molecule has 0 bridgehead atoms. The van der Waals surface area contributed by atoms with Gasteiger partial charge < -0.3 is 29.9 Å². The fourth-order valence-electron chi connectivity index (χ4n) is 4.40. The molecule has 1 aliphatic rings. The lowest BCUT2D eigenvalue weighted by molar-refractivity contribution is 0.0909. The first kappa shape index (κ1) is 29.3. The molecule has 3 rings (SSSR count). The molecule has 1 aromatic carbocycles. The summed E-state index contributed by atoms with van der Waals surface area (Å²) in [6.45, 7) is 13.3. The molecule has 0 aliphatic carbocycles. The molecule has 1 aromatic heterocycles. The molecule has 2 N–H and O–H groups in total. The number of fused-ring (bicyclic) bond motifs is 1. The van der Waals surface area contributed by atoms with E-state index in [-0.39, 0.29) is 12.1 Å². The SMILES string of the molecule is C=N/C=C\N(C)CC1NC(=O)c2c(C(=C)/C=C\C(=C/CC)OCCOC)c(-c3cccc(OC)c3C)cn2N1. The van der Waals surface area contributed by atoms with Gasteiger partial charge in [-0.3, -0.25) is 14.5 Å². The first-order valence-electron chi connectivity index (χ1n) is 12.8. The van der Waals surface area contributed by atoms with E-state index in [2.05, 4.69) is 29.0 Å². The Morgan fingerprint density at radius 2 is 2.03 bits per heavy atom. The van der Waals surface area contributed by atoms with E-state index in [9.17, 15) is 4.79 Å². The number of rotatable bonds is 14. The van der Waals surface area contributed by atoms with E-state index in [1.165, 1.54) is 0 Å². The molecule has 0 saturated heterocycles. The third kappa shape index (κ3) is 7.20. The van der Waals surface area contributed by atoms with Gasteiger partial charge in [-0.1, -0.05) is 31.7 Å². The van der Waals surface area contributed by atoms with Gasteiger partial charge in [0.05, 0.1) is 20.3 Å². The lowest BCUT2D eigenvalue weighted by Gasteiger charge is -2.31. The molecule has 1 unspecified atom stereocenters. The zero-order chi connectivity index (χ0) is 28.4. The Hall–Kier alpha value is -4.24. The van der Waals surface area contributed by atoms with Crippen LogP contribution >= 0.6 is 0 Å². The van der Waals surface area contributed by atoms with Crippen LogP contribution < -0.4 is 15.5 Å². The number of carbonyl (C=O) groups excluding carboxylic acids is 1. The van der Waals surface area contributed by atoms with E-state index in [1.807, 2.05) is 68.4 Å². The summed E-state index contributed by atoms with van der Waals surface area (Å²) in [5.74, 6) is 1.29. The molecule has 0 saturated carbocycles. The van der Waals surface area contributed by atoms with Gasteiger partial charge in [-0.05, 0) is 55.0 Å². The zero-order valence-electron chi connectivity index (χ0n) is 23.5. The van der Waals surface area contributed by atoms with Gasteiger partial charge in [-0.2, -0.15) is 0 Å². The van der Waals surface area contributed by atoms with Crippen LogP contribution in [0.1, 0.15) is 35.0 Å². The fraction of sp³-hybridized carbons (Fsp3) is 0.333. The van der Waals surface area contributed by atoms with Crippen LogP contribution in [-0.2, 0) is 9.47 Å². The minimum atomic E-state index is -0.332. The van der Waals surface area contributed by atoms with Gasteiger partial charge in [-0.25, -0.2) is 0 Å². The van der Waals surface area contributed by atoms with E-state index in [1.54, 1.807) is 31.3 Å². The molecule has 9 nitrogen and oxygen atoms in total. The van der Waals surface area contributed by atoms with Crippen molar-refractivity contribution in [1.29, 1.82) is 0 Å². The molecule has 1 aliphatic heterocycles. The van der Waals surface area contributed by atoms with Crippen LogP contribution in [0.15, 0.2) is 72.4 Å². The summed E-state index contributed by atoms with van der Waals surface area (Å²) in [5.41, 5.74) is 8.06. The summed E-state index contributed by atoms with van der Waals surface area (Å²) in [4.78, 5) is 19.2. The number of likely N-dealkylation sites (N-methyl/N-ethyl adjacent to an activating group) is 1. The van der Waals surface area contributed by atoms with Crippen molar-refractivity contribution in [2.75, 3.05) is 46.5 Å². The van der Waals surface area contributed by atoms with Gasteiger partial charge in [-0.15, -0.1) is 0 Å². The van der Waals surface area contributed by atoms with Crippen LogP contribution in [-0.4, -0.2) is 69.4 Å². The highest BCUT2D eigenvalue weighted by atomic mass is 16.5. The van der Waals surface area contributed by atoms with Gasteiger partial charge in [0.2, 0.25) is 0 Å². The summed E-state index contributed by atoms with van der Waals surface area (Å²) in [5, 5.41) is 3.06. The zero-order valence-corrected chi connectivity index (χ0v) is 23.5. The number of ether oxygens (including phenoxy) is 3. The predicted molar refractivity (Wildman–Crippen MR) is 157 cm³/mol. The average molecular weight is 534 g/mol. The van der Waals surface area contributed by atoms with Crippen LogP contribution in [0.4, 0.5) is 0 Å². The number of hydrogen-bond donors (Lipinski definition) is 2. The van der Waals surface area contributed by atoms with Crippen molar-refractivity contribution in [2.45, 2.75) is 26.4 Å². The van der Waals surface area contributed by atoms with Gasteiger partial charge >= 0.3 is 0 Å². The van der Waals surface area contributed by atoms with Crippen LogP contribution in [0.2, 0.25) is 0 Å². The van der Waals surface area contributed by atoms with Crippen molar-refractivity contribution in [3.8, 4) is 16.9 Å². The van der Waals surface area contributed by atoms with E-state index in [0.717, 1.165) is 40.2 Å². The lowest BCUT2D eigenvalue weighted by atomic mass is 9.93. The number of nitrogens with zero attached hydrogens (tertiary/aromatic N) is 3. The van der Waals surface area contributed by atoms with E-state index >= 15 is 0 Å². The second kappa shape index (κ2) is 14.1. The number of allylic oxidation sites excluding steroid dienone is 4. The highest BCUT2D eigenvalue weighted by molar-refractivity contribution is 6.04. The fourth-order valence-corrected chi connectivity index (χ4v) is 4.40. The Balaban J connectivity index is 2.05. The largest absolute Gasteiger partial charge is 0.496 e. The molecule has 39 heavy (non-hydrogen) atoms. The first-order valence-corrected chi connectivity index (χ1v) is 12.8. The molecule has 0 radical (unpaired) electrons. The highest BCUT2D eigenvalue weighted by Crippen LogP contribution is 2.38. The number of nitrogens with one attached hydrogen (secondary N) is 2. The van der Waals surface area contributed by atoms with Gasteiger partial charge in [0.15, 0.2) is 0 Å². The standard InChI is InChI=1S/C30H39N5O4/c1-8-10-23(39-18-17-37-6)14-13-21(2)28-25(24-11-9-12-26(38-7)22(24)3)19-35-29(28)30(36)32-27(33-35)20-34(5)16-15-31-4/h9-16,19,27,33H,2,4,8,17-18,20H2,1,3,5-7H3,(H,32,36)/b14-13-,16-15-,23-10+. The third-order valence-corrected chi connectivity index (χ3v) is 6.24. The Bertz CT molecular complexity index is 1270. The normalized spacial score (nSPS) is 15.2. The Morgan fingerprint density at radius 3 is 2.72 bits per heavy atom. The number of aliphatic imine (C=N–C) groups is 1. The van der Waals surface area contributed by atoms with E-state index in [4.69, 9.17) is 14.2 Å². The third-order valence-electron chi connectivity index (χ3n) is 6.24. The first-order chi connectivity index (χ1) is 18.8. The molecule has 1 atom stereocenters. The number of hydrogen-bond acceptors (Lipinski definition) is 7. The molecule has 2 aromatic rings. The number of carbonyl (C=O) groups is 1. The van der Waals surface area contributed by atoms with Gasteiger partial charge in [0, 0.05) is 43.9 Å². The molecule has 0 spiro atoms. The second-order valence-corrected chi connectivity index (χ2v) is 9.06. The van der Waals surface area contributed by atoms with Crippen LogP contribution in [0.3, 0.4) is 0 Å². The highest BCUT2D eigenvalue weighted by Gasteiger charge is 2.31. The van der Waals surface area contributed by atoms with Crippen molar-refractivity contribution >= 4 is 18.2 Å². The monoisotopic (exact) mass is 533 g/mol. The molecule has 1 amide bonds. The van der Waals surface area contributed by atoms with Crippen LogP contribution in [0.25, 0.3) is 16.7 Å². The van der Waals surface area contributed by atoms with Crippen molar-refractivity contribution in [3.05, 3.63) is 84.2 Å². The molecular weight excluding hydrogens is 494 g/mol. The number of aromatic nitrogens is 1. The van der Waals surface area contributed by atoms with Gasteiger partial charge in [0.25, 0.3) is 5.91 Å². The van der Waals surface area contributed by atoms with Crippen molar-refractivity contribution in [1.82, 2.24) is 14.9 Å².